The van der Waals surface area contributed by atoms with Crippen LogP contribution in [0.25, 0.3) is 17.0 Å². The zero-order chi connectivity index (χ0) is 19.4. The molecule has 6 nitrogen and oxygen atoms in total. The van der Waals surface area contributed by atoms with E-state index in [4.69, 9.17) is 13.9 Å². The molecular formula is C21H19NO5. The summed E-state index contributed by atoms with van der Waals surface area (Å²) in [5.41, 5.74) is 2.21. The first-order valence-electron chi connectivity index (χ1n) is 8.27. The summed E-state index contributed by atoms with van der Waals surface area (Å²) < 4.78 is 15.7. The number of ether oxygens (including phenoxy) is 2. The zero-order valence-corrected chi connectivity index (χ0v) is 15.2. The molecule has 0 fully saturated rings. The number of esters is 1. The third kappa shape index (κ3) is 3.84. The highest BCUT2D eigenvalue weighted by Gasteiger charge is 2.13. The fourth-order valence-electron chi connectivity index (χ4n) is 2.73. The van der Waals surface area contributed by atoms with Gasteiger partial charge in [-0.25, -0.2) is 4.79 Å². The molecule has 0 radical (unpaired) electrons. The zero-order valence-electron chi connectivity index (χ0n) is 15.2. The third-order valence-corrected chi connectivity index (χ3v) is 4.14. The lowest BCUT2D eigenvalue weighted by Gasteiger charge is -2.10. The summed E-state index contributed by atoms with van der Waals surface area (Å²) in [6, 6.07) is 12.5. The van der Waals surface area contributed by atoms with Crippen LogP contribution in [0.2, 0.25) is 0 Å². The van der Waals surface area contributed by atoms with Crippen LogP contribution in [0, 0.1) is 6.92 Å². The lowest BCUT2D eigenvalue weighted by molar-refractivity contribution is -0.111. The molecule has 0 saturated heterocycles. The van der Waals surface area contributed by atoms with Crippen molar-refractivity contribution < 1.29 is 23.5 Å². The van der Waals surface area contributed by atoms with Gasteiger partial charge in [-0.1, -0.05) is 18.2 Å². The SMILES string of the molecule is COC(=O)c1cccc(NC(=O)/C=C/c2cc3cccc(OC)c3o2)c1C. The minimum Gasteiger partial charge on any atom is -0.493 e. The number of hydrogen-bond acceptors (Lipinski definition) is 5. The van der Waals surface area contributed by atoms with Crippen molar-refractivity contribution in [1.82, 2.24) is 0 Å². The van der Waals surface area contributed by atoms with Crippen molar-refractivity contribution >= 4 is 34.6 Å². The van der Waals surface area contributed by atoms with Crippen LogP contribution in [0.15, 0.2) is 53.0 Å². The van der Waals surface area contributed by atoms with Crippen molar-refractivity contribution in [3.63, 3.8) is 0 Å². The highest BCUT2D eigenvalue weighted by molar-refractivity contribution is 6.03. The van der Waals surface area contributed by atoms with Gasteiger partial charge >= 0.3 is 5.97 Å². The van der Waals surface area contributed by atoms with E-state index in [1.165, 1.54) is 13.2 Å². The molecule has 3 rings (SSSR count). The van der Waals surface area contributed by atoms with Crippen LogP contribution in [0.1, 0.15) is 21.7 Å². The number of para-hydroxylation sites is 1. The van der Waals surface area contributed by atoms with E-state index in [9.17, 15) is 9.59 Å². The Morgan fingerprint density at radius 1 is 1.11 bits per heavy atom. The van der Waals surface area contributed by atoms with Crippen molar-refractivity contribution in [1.29, 1.82) is 0 Å². The Bertz CT molecular complexity index is 1030. The smallest absolute Gasteiger partial charge is 0.338 e. The Hall–Kier alpha value is -3.54. The molecule has 138 valence electrons. The maximum atomic E-state index is 12.2. The highest BCUT2D eigenvalue weighted by atomic mass is 16.5. The number of furan rings is 1. The molecule has 0 bridgehead atoms. The summed E-state index contributed by atoms with van der Waals surface area (Å²) >= 11 is 0. The summed E-state index contributed by atoms with van der Waals surface area (Å²) in [6.07, 6.45) is 2.95. The van der Waals surface area contributed by atoms with E-state index in [0.717, 1.165) is 5.39 Å². The van der Waals surface area contributed by atoms with Crippen LogP contribution in [0.4, 0.5) is 5.69 Å². The molecule has 0 aliphatic rings. The molecule has 0 unspecified atom stereocenters. The predicted molar refractivity (Wildman–Crippen MR) is 103 cm³/mol. The minimum atomic E-state index is -0.449. The van der Waals surface area contributed by atoms with Gasteiger partial charge in [0, 0.05) is 17.1 Å². The van der Waals surface area contributed by atoms with Crippen LogP contribution in [-0.2, 0) is 9.53 Å². The number of rotatable bonds is 5. The Kier molecular flexibility index (Phi) is 5.26. The Balaban J connectivity index is 1.77. The molecule has 0 aliphatic heterocycles. The fourth-order valence-corrected chi connectivity index (χ4v) is 2.73. The quantitative estimate of drug-likeness (QED) is 0.542. The van der Waals surface area contributed by atoms with Gasteiger partial charge in [-0.05, 0) is 42.8 Å². The molecule has 1 amide bonds. The average molecular weight is 365 g/mol. The van der Waals surface area contributed by atoms with Gasteiger partial charge in [0.25, 0.3) is 0 Å². The third-order valence-electron chi connectivity index (χ3n) is 4.14. The van der Waals surface area contributed by atoms with Crippen molar-refractivity contribution in [3.05, 3.63) is 65.4 Å². The molecule has 6 heteroatoms. The molecule has 2 aromatic carbocycles. The molecule has 0 atom stereocenters. The maximum Gasteiger partial charge on any atom is 0.338 e. The van der Waals surface area contributed by atoms with E-state index >= 15 is 0 Å². The minimum absolute atomic E-state index is 0.340. The van der Waals surface area contributed by atoms with Crippen molar-refractivity contribution in [2.75, 3.05) is 19.5 Å². The van der Waals surface area contributed by atoms with E-state index in [1.807, 2.05) is 24.3 Å². The molecule has 1 aromatic heterocycles. The molecule has 0 aliphatic carbocycles. The molecule has 27 heavy (non-hydrogen) atoms. The number of hydrogen-bond donors (Lipinski definition) is 1. The van der Waals surface area contributed by atoms with E-state index in [2.05, 4.69) is 5.32 Å². The van der Waals surface area contributed by atoms with Crippen molar-refractivity contribution in [2.24, 2.45) is 0 Å². The maximum absolute atomic E-state index is 12.2. The lowest BCUT2D eigenvalue weighted by Crippen LogP contribution is -2.11. The van der Waals surface area contributed by atoms with E-state index in [1.54, 1.807) is 38.3 Å². The first-order valence-corrected chi connectivity index (χ1v) is 8.27. The second-order valence-electron chi connectivity index (χ2n) is 5.82. The standard InChI is InChI=1S/C21H19NO5/c1-13-16(21(24)26-3)7-5-8-17(13)22-19(23)11-10-15-12-14-6-4-9-18(25-2)20(14)27-15/h4-12H,1-3H3,(H,22,23)/b11-10+. The van der Waals surface area contributed by atoms with E-state index in [0.29, 0.717) is 33.9 Å². The van der Waals surface area contributed by atoms with Crippen LogP contribution >= 0.6 is 0 Å². The van der Waals surface area contributed by atoms with Gasteiger partial charge in [0.05, 0.1) is 19.8 Å². The summed E-state index contributed by atoms with van der Waals surface area (Å²) in [5.74, 6) is 0.374. The predicted octanol–water partition coefficient (Wildman–Crippen LogP) is 4.19. The number of methoxy groups -OCH3 is 2. The molecule has 0 saturated carbocycles. The van der Waals surface area contributed by atoms with Crippen LogP contribution in [0.3, 0.4) is 0 Å². The molecule has 0 spiro atoms. The lowest BCUT2D eigenvalue weighted by atomic mass is 10.1. The van der Waals surface area contributed by atoms with Gasteiger partial charge in [-0.2, -0.15) is 0 Å². The Morgan fingerprint density at radius 3 is 2.63 bits per heavy atom. The van der Waals surface area contributed by atoms with Gasteiger partial charge in [-0.15, -0.1) is 0 Å². The second kappa shape index (κ2) is 7.78. The number of fused-ring (bicyclic) bond motifs is 1. The summed E-state index contributed by atoms with van der Waals surface area (Å²) in [5, 5.41) is 3.64. The Morgan fingerprint density at radius 2 is 1.89 bits per heavy atom. The monoisotopic (exact) mass is 365 g/mol. The number of benzene rings is 2. The van der Waals surface area contributed by atoms with Crippen LogP contribution in [-0.4, -0.2) is 26.1 Å². The number of carbonyl (C=O) groups excluding carboxylic acids is 2. The number of anilines is 1. The average Bonchev–Trinajstić information content (AvgIpc) is 3.10. The van der Waals surface area contributed by atoms with Crippen molar-refractivity contribution in [3.8, 4) is 5.75 Å². The first-order chi connectivity index (χ1) is 13.0. The van der Waals surface area contributed by atoms with E-state index < -0.39 is 5.97 Å². The highest BCUT2D eigenvalue weighted by Crippen LogP contribution is 2.29. The molecule has 1 heterocycles. The molecule has 3 aromatic rings. The van der Waals surface area contributed by atoms with Gasteiger partial charge in [0.2, 0.25) is 5.91 Å². The molecule has 1 N–H and O–H groups in total. The second-order valence-corrected chi connectivity index (χ2v) is 5.82. The van der Waals surface area contributed by atoms with E-state index in [-0.39, 0.29) is 5.91 Å². The van der Waals surface area contributed by atoms with Gasteiger partial charge < -0.3 is 19.2 Å². The first kappa shape index (κ1) is 18.3. The van der Waals surface area contributed by atoms with Crippen molar-refractivity contribution in [2.45, 2.75) is 6.92 Å². The fraction of sp³-hybridized carbons (Fsp3) is 0.143. The van der Waals surface area contributed by atoms with Gasteiger partial charge in [0.15, 0.2) is 11.3 Å². The van der Waals surface area contributed by atoms with Crippen LogP contribution in [0.5, 0.6) is 5.75 Å². The number of carbonyl (C=O) groups is 2. The summed E-state index contributed by atoms with van der Waals surface area (Å²) in [7, 11) is 2.89. The normalized spacial score (nSPS) is 10.9. The largest absolute Gasteiger partial charge is 0.493 e. The van der Waals surface area contributed by atoms with Gasteiger partial charge in [0.1, 0.15) is 5.76 Å². The Labute approximate surface area is 156 Å². The summed E-state index contributed by atoms with van der Waals surface area (Å²) in [6.45, 7) is 1.75. The number of amides is 1. The van der Waals surface area contributed by atoms with Gasteiger partial charge in [-0.3, -0.25) is 4.79 Å². The number of nitrogens with one attached hydrogen (secondary N) is 1. The summed E-state index contributed by atoms with van der Waals surface area (Å²) in [4.78, 5) is 24.0. The molecular weight excluding hydrogens is 346 g/mol. The van der Waals surface area contributed by atoms with Crippen LogP contribution < -0.4 is 10.1 Å². The topological polar surface area (TPSA) is 77.8 Å².